The van der Waals surface area contributed by atoms with Crippen LogP contribution in [0.2, 0.25) is 0 Å². The highest BCUT2D eigenvalue weighted by molar-refractivity contribution is 7.11. The zero-order valence-electron chi connectivity index (χ0n) is 7.92. The van der Waals surface area contributed by atoms with E-state index in [1.807, 2.05) is 13.8 Å². The number of aromatic nitrogens is 1. The Kier molecular flexibility index (Phi) is 3.23. The van der Waals surface area contributed by atoms with E-state index in [-0.39, 0.29) is 6.04 Å². The van der Waals surface area contributed by atoms with E-state index in [1.165, 1.54) is 4.88 Å². The predicted octanol–water partition coefficient (Wildman–Crippen LogP) is 2.56. The summed E-state index contributed by atoms with van der Waals surface area (Å²) in [5.74, 6) is 0. The molecule has 1 heterocycles. The van der Waals surface area contributed by atoms with Gasteiger partial charge in [0.2, 0.25) is 0 Å². The number of hydrogen-bond acceptors (Lipinski definition) is 3. The summed E-state index contributed by atoms with van der Waals surface area (Å²) in [4.78, 5) is 5.61. The second kappa shape index (κ2) is 4.01. The molecule has 68 valence electrons. The van der Waals surface area contributed by atoms with Crippen molar-refractivity contribution in [2.45, 2.75) is 39.7 Å². The molecular formula is C9H16N2S. The topological polar surface area (TPSA) is 38.9 Å². The second-order valence-electron chi connectivity index (χ2n) is 3.08. The van der Waals surface area contributed by atoms with Crippen LogP contribution in [0.15, 0.2) is 0 Å². The Balaban J connectivity index is 2.79. The summed E-state index contributed by atoms with van der Waals surface area (Å²) in [5.41, 5.74) is 7.10. The molecule has 1 atom stereocenters. The van der Waals surface area contributed by atoms with Gasteiger partial charge < -0.3 is 5.73 Å². The van der Waals surface area contributed by atoms with Crippen LogP contribution in [0.5, 0.6) is 0 Å². The van der Waals surface area contributed by atoms with Gasteiger partial charge in [0.1, 0.15) is 0 Å². The number of nitrogens with zero attached hydrogens (tertiary/aromatic N) is 1. The summed E-state index contributed by atoms with van der Waals surface area (Å²) >= 11 is 1.73. The van der Waals surface area contributed by atoms with Crippen molar-refractivity contribution in [2.24, 2.45) is 5.73 Å². The molecule has 3 heteroatoms. The van der Waals surface area contributed by atoms with Crippen LogP contribution in [0.1, 0.15) is 41.4 Å². The maximum absolute atomic E-state index is 5.99. The molecule has 0 saturated heterocycles. The lowest BCUT2D eigenvalue weighted by atomic mass is 10.1. The zero-order chi connectivity index (χ0) is 9.14. The summed E-state index contributed by atoms with van der Waals surface area (Å²) in [5, 5.41) is 1.12. The van der Waals surface area contributed by atoms with E-state index in [2.05, 4.69) is 11.9 Å². The Hall–Kier alpha value is -0.410. The first-order chi connectivity index (χ1) is 5.65. The number of nitrogens with two attached hydrogens (primary N) is 1. The number of rotatable bonds is 3. The van der Waals surface area contributed by atoms with Gasteiger partial charge in [-0.05, 0) is 20.3 Å². The van der Waals surface area contributed by atoms with E-state index in [4.69, 9.17) is 5.73 Å². The van der Waals surface area contributed by atoms with Crippen molar-refractivity contribution < 1.29 is 0 Å². The fraction of sp³-hybridized carbons (Fsp3) is 0.667. The Morgan fingerprint density at radius 1 is 1.50 bits per heavy atom. The number of thiazole rings is 1. The fourth-order valence-electron chi connectivity index (χ4n) is 1.33. The summed E-state index contributed by atoms with van der Waals surface area (Å²) in [6.07, 6.45) is 2.19. The van der Waals surface area contributed by atoms with Gasteiger partial charge in [0.05, 0.1) is 10.7 Å². The van der Waals surface area contributed by atoms with Crippen LogP contribution in [-0.4, -0.2) is 4.98 Å². The Labute approximate surface area is 77.8 Å². The van der Waals surface area contributed by atoms with Crippen molar-refractivity contribution in [2.75, 3.05) is 0 Å². The molecule has 0 aromatic carbocycles. The zero-order valence-corrected chi connectivity index (χ0v) is 8.74. The van der Waals surface area contributed by atoms with Crippen molar-refractivity contribution in [1.82, 2.24) is 4.98 Å². The lowest BCUT2D eigenvalue weighted by Crippen LogP contribution is -2.09. The minimum absolute atomic E-state index is 0.196. The van der Waals surface area contributed by atoms with E-state index >= 15 is 0 Å². The second-order valence-corrected chi connectivity index (χ2v) is 4.31. The molecule has 0 bridgehead atoms. The maximum Gasteiger partial charge on any atom is 0.0900 e. The van der Waals surface area contributed by atoms with Gasteiger partial charge >= 0.3 is 0 Å². The summed E-state index contributed by atoms with van der Waals surface area (Å²) in [7, 11) is 0. The average Bonchev–Trinajstić information content (AvgIpc) is 2.30. The molecule has 2 nitrogen and oxygen atoms in total. The molecule has 0 aliphatic carbocycles. The first kappa shape index (κ1) is 9.68. The minimum atomic E-state index is 0.196. The monoisotopic (exact) mass is 184 g/mol. The molecule has 0 aliphatic rings. The van der Waals surface area contributed by atoms with Gasteiger partial charge in [-0.15, -0.1) is 11.3 Å². The largest absolute Gasteiger partial charge is 0.323 e. The van der Waals surface area contributed by atoms with E-state index < -0.39 is 0 Å². The molecule has 0 amide bonds. The van der Waals surface area contributed by atoms with Crippen LogP contribution in [-0.2, 0) is 0 Å². The van der Waals surface area contributed by atoms with Gasteiger partial charge in [0, 0.05) is 10.9 Å². The van der Waals surface area contributed by atoms with Gasteiger partial charge in [0.25, 0.3) is 0 Å². The Morgan fingerprint density at radius 2 is 2.17 bits per heavy atom. The van der Waals surface area contributed by atoms with Crippen molar-refractivity contribution in [1.29, 1.82) is 0 Å². The van der Waals surface area contributed by atoms with Gasteiger partial charge in [-0.25, -0.2) is 4.98 Å². The first-order valence-corrected chi connectivity index (χ1v) is 5.16. The van der Waals surface area contributed by atoms with E-state index in [0.29, 0.717) is 0 Å². The van der Waals surface area contributed by atoms with Crippen molar-refractivity contribution in [3.05, 3.63) is 15.6 Å². The van der Waals surface area contributed by atoms with E-state index in [0.717, 1.165) is 23.5 Å². The fourth-order valence-corrected chi connectivity index (χ4v) is 2.30. The molecule has 0 fully saturated rings. The smallest absolute Gasteiger partial charge is 0.0900 e. The van der Waals surface area contributed by atoms with Crippen LogP contribution in [0.4, 0.5) is 0 Å². The highest BCUT2D eigenvalue weighted by Crippen LogP contribution is 2.25. The molecule has 0 spiro atoms. The molecule has 1 rings (SSSR count). The highest BCUT2D eigenvalue weighted by atomic mass is 32.1. The van der Waals surface area contributed by atoms with Crippen LogP contribution in [0.3, 0.4) is 0 Å². The molecule has 0 aliphatic heterocycles. The molecule has 0 saturated carbocycles. The van der Waals surface area contributed by atoms with Crippen LogP contribution in [0.25, 0.3) is 0 Å². The van der Waals surface area contributed by atoms with E-state index in [9.17, 15) is 0 Å². The molecule has 1 aromatic heterocycles. The number of aryl methyl sites for hydroxylation is 2. The lowest BCUT2D eigenvalue weighted by molar-refractivity contribution is 0.644. The molecule has 12 heavy (non-hydrogen) atoms. The van der Waals surface area contributed by atoms with Crippen molar-refractivity contribution in [3.8, 4) is 0 Å². The van der Waals surface area contributed by atoms with Crippen molar-refractivity contribution >= 4 is 11.3 Å². The lowest BCUT2D eigenvalue weighted by Gasteiger charge is -2.07. The number of hydrogen-bond donors (Lipinski definition) is 1. The molecule has 0 radical (unpaired) electrons. The maximum atomic E-state index is 5.99. The molecule has 1 aromatic rings. The minimum Gasteiger partial charge on any atom is -0.323 e. The quantitative estimate of drug-likeness (QED) is 0.784. The first-order valence-electron chi connectivity index (χ1n) is 4.34. The Bertz CT molecular complexity index is 255. The average molecular weight is 184 g/mol. The van der Waals surface area contributed by atoms with Gasteiger partial charge in [-0.3, -0.25) is 0 Å². The molecule has 2 N–H and O–H groups in total. The predicted molar refractivity (Wildman–Crippen MR) is 53.4 cm³/mol. The summed E-state index contributed by atoms with van der Waals surface area (Å²) < 4.78 is 0. The highest BCUT2D eigenvalue weighted by Gasteiger charge is 2.11. The SMILES string of the molecule is CCCC(N)c1sc(C)nc1C. The molecular weight excluding hydrogens is 168 g/mol. The third-order valence-electron chi connectivity index (χ3n) is 1.88. The van der Waals surface area contributed by atoms with Gasteiger partial charge in [-0.1, -0.05) is 13.3 Å². The molecule has 1 unspecified atom stereocenters. The normalized spacial score (nSPS) is 13.3. The third-order valence-corrected chi connectivity index (χ3v) is 3.08. The Morgan fingerprint density at radius 3 is 2.58 bits per heavy atom. The summed E-state index contributed by atoms with van der Waals surface area (Å²) in [6, 6.07) is 0.196. The van der Waals surface area contributed by atoms with Gasteiger partial charge in [-0.2, -0.15) is 0 Å². The van der Waals surface area contributed by atoms with Crippen LogP contribution >= 0.6 is 11.3 Å². The van der Waals surface area contributed by atoms with Crippen molar-refractivity contribution in [3.63, 3.8) is 0 Å². The van der Waals surface area contributed by atoms with Gasteiger partial charge in [0.15, 0.2) is 0 Å². The van der Waals surface area contributed by atoms with Crippen LogP contribution < -0.4 is 5.73 Å². The standard InChI is InChI=1S/C9H16N2S/c1-4-5-8(10)9-6(2)11-7(3)12-9/h8H,4-5,10H2,1-3H3. The van der Waals surface area contributed by atoms with E-state index in [1.54, 1.807) is 11.3 Å². The van der Waals surface area contributed by atoms with Crippen LogP contribution in [0, 0.1) is 13.8 Å². The summed E-state index contributed by atoms with van der Waals surface area (Å²) in [6.45, 7) is 6.22. The third kappa shape index (κ3) is 2.05.